The smallest absolute Gasteiger partial charge is 0.335 e. The Bertz CT molecular complexity index is 696. The van der Waals surface area contributed by atoms with E-state index in [1.54, 1.807) is 12.1 Å². The number of aromatic nitrogens is 4. The minimum Gasteiger partial charge on any atom is -0.478 e. The third-order valence-corrected chi connectivity index (χ3v) is 3.99. The third-order valence-electron chi connectivity index (χ3n) is 3.07. The highest BCUT2D eigenvalue weighted by Gasteiger charge is 2.23. The Morgan fingerprint density at radius 1 is 1.32 bits per heavy atom. The number of aromatic carboxylic acids is 1. The molecule has 0 spiro atoms. The predicted molar refractivity (Wildman–Crippen MR) is 78.0 cm³/mol. The first-order chi connectivity index (χ1) is 10.6. The van der Waals surface area contributed by atoms with Crippen LogP contribution in [-0.2, 0) is 4.79 Å². The monoisotopic (exact) mass is 319 g/mol. The average Bonchev–Trinajstić information content (AvgIpc) is 3.19. The van der Waals surface area contributed by atoms with Gasteiger partial charge < -0.3 is 10.4 Å². The zero-order valence-electron chi connectivity index (χ0n) is 11.5. The van der Waals surface area contributed by atoms with Gasteiger partial charge in [0.2, 0.25) is 11.1 Å². The molecule has 0 aliphatic heterocycles. The van der Waals surface area contributed by atoms with Crippen LogP contribution in [0, 0.1) is 0 Å². The van der Waals surface area contributed by atoms with Gasteiger partial charge >= 0.3 is 5.97 Å². The quantitative estimate of drug-likeness (QED) is 0.755. The van der Waals surface area contributed by atoms with E-state index in [1.165, 1.54) is 28.6 Å². The van der Waals surface area contributed by atoms with Gasteiger partial charge in [0.05, 0.1) is 17.0 Å². The fourth-order valence-corrected chi connectivity index (χ4v) is 2.51. The van der Waals surface area contributed by atoms with Crippen LogP contribution >= 0.6 is 11.8 Å². The van der Waals surface area contributed by atoms with E-state index >= 15 is 0 Å². The summed E-state index contributed by atoms with van der Waals surface area (Å²) in [6.07, 6.45) is 2.09. The molecule has 8 nitrogen and oxygen atoms in total. The number of hydrogen-bond acceptors (Lipinski definition) is 6. The minimum absolute atomic E-state index is 0.0386. The van der Waals surface area contributed by atoms with Crippen molar-refractivity contribution in [2.24, 2.45) is 0 Å². The molecular weight excluding hydrogens is 306 g/mol. The summed E-state index contributed by atoms with van der Waals surface area (Å²) in [5, 5.41) is 23.6. The summed E-state index contributed by atoms with van der Waals surface area (Å²) in [5.74, 6) is -0.790. The summed E-state index contributed by atoms with van der Waals surface area (Å²) in [7, 11) is 0. The van der Waals surface area contributed by atoms with Crippen molar-refractivity contribution < 1.29 is 14.7 Å². The van der Waals surface area contributed by atoms with Gasteiger partial charge in [0, 0.05) is 6.04 Å². The van der Waals surface area contributed by atoms with E-state index in [0.717, 1.165) is 12.8 Å². The molecule has 1 saturated carbocycles. The lowest BCUT2D eigenvalue weighted by molar-refractivity contribution is -0.118. The number of thioether (sulfide) groups is 1. The molecule has 0 unspecified atom stereocenters. The summed E-state index contributed by atoms with van der Waals surface area (Å²) in [6, 6.07) is 6.52. The van der Waals surface area contributed by atoms with E-state index in [4.69, 9.17) is 5.11 Å². The van der Waals surface area contributed by atoms with Gasteiger partial charge in [0.1, 0.15) is 0 Å². The van der Waals surface area contributed by atoms with Crippen LogP contribution in [0.4, 0.5) is 0 Å². The van der Waals surface area contributed by atoms with E-state index in [1.807, 2.05) is 0 Å². The van der Waals surface area contributed by atoms with E-state index < -0.39 is 5.97 Å². The molecule has 1 fully saturated rings. The third kappa shape index (κ3) is 3.42. The number of hydrogen-bond donors (Lipinski definition) is 2. The van der Waals surface area contributed by atoms with Gasteiger partial charge in [0.25, 0.3) is 0 Å². The van der Waals surface area contributed by atoms with E-state index in [-0.39, 0.29) is 17.2 Å². The van der Waals surface area contributed by atoms with Crippen LogP contribution in [0.25, 0.3) is 5.69 Å². The van der Waals surface area contributed by atoms with Crippen molar-refractivity contribution in [2.45, 2.75) is 24.0 Å². The Hall–Kier alpha value is -2.42. The van der Waals surface area contributed by atoms with Gasteiger partial charge in [-0.2, -0.15) is 4.68 Å². The van der Waals surface area contributed by atoms with Gasteiger partial charge in [-0.3, -0.25) is 4.79 Å². The molecule has 1 aromatic carbocycles. The fraction of sp³-hybridized carbons (Fsp3) is 0.308. The number of rotatable bonds is 6. The number of nitrogens with zero attached hydrogens (tertiary/aromatic N) is 4. The van der Waals surface area contributed by atoms with Crippen molar-refractivity contribution in [2.75, 3.05) is 5.75 Å². The average molecular weight is 319 g/mol. The highest BCUT2D eigenvalue weighted by Crippen LogP contribution is 2.21. The largest absolute Gasteiger partial charge is 0.478 e. The Balaban J connectivity index is 1.68. The molecule has 1 aliphatic carbocycles. The maximum atomic E-state index is 11.7. The van der Waals surface area contributed by atoms with Crippen LogP contribution in [0.5, 0.6) is 0 Å². The van der Waals surface area contributed by atoms with Gasteiger partial charge in [-0.1, -0.05) is 11.8 Å². The molecule has 0 atom stereocenters. The molecule has 1 amide bonds. The Morgan fingerprint density at radius 3 is 2.68 bits per heavy atom. The minimum atomic E-state index is -0.991. The van der Waals surface area contributed by atoms with Crippen LogP contribution in [0.15, 0.2) is 29.4 Å². The van der Waals surface area contributed by atoms with Crippen LogP contribution in [-0.4, -0.2) is 49.0 Å². The Labute approximate surface area is 129 Å². The van der Waals surface area contributed by atoms with Gasteiger partial charge in [-0.05, 0) is 47.5 Å². The van der Waals surface area contributed by atoms with Crippen molar-refractivity contribution in [3.8, 4) is 5.69 Å². The molecule has 114 valence electrons. The topological polar surface area (TPSA) is 110 Å². The molecular formula is C13H13N5O3S. The molecule has 1 aliphatic rings. The highest BCUT2D eigenvalue weighted by atomic mass is 32.2. The summed E-state index contributed by atoms with van der Waals surface area (Å²) in [6.45, 7) is 0. The molecule has 2 aromatic rings. The van der Waals surface area contributed by atoms with Crippen molar-refractivity contribution in [3.05, 3.63) is 29.8 Å². The van der Waals surface area contributed by atoms with Crippen molar-refractivity contribution >= 4 is 23.6 Å². The van der Waals surface area contributed by atoms with Gasteiger partial charge in [0.15, 0.2) is 0 Å². The normalized spacial score (nSPS) is 13.8. The first-order valence-corrected chi connectivity index (χ1v) is 7.66. The lowest BCUT2D eigenvalue weighted by Crippen LogP contribution is -2.27. The predicted octanol–water partition coefficient (Wildman–Crippen LogP) is 0.731. The molecule has 9 heteroatoms. The Kier molecular flexibility index (Phi) is 4.05. The summed E-state index contributed by atoms with van der Waals surface area (Å²) in [4.78, 5) is 22.5. The first-order valence-electron chi connectivity index (χ1n) is 6.68. The van der Waals surface area contributed by atoms with Crippen molar-refractivity contribution in [1.29, 1.82) is 0 Å². The zero-order chi connectivity index (χ0) is 15.5. The number of tetrazole rings is 1. The second-order valence-corrected chi connectivity index (χ2v) is 5.80. The van der Waals surface area contributed by atoms with Crippen molar-refractivity contribution in [1.82, 2.24) is 25.5 Å². The van der Waals surface area contributed by atoms with Crippen LogP contribution in [0.2, 0.25) is 0 Å². The summed E-state index contributed by atoms with van der Waals surface area (Å²) < 4.78 is 1.47. The lowest BCUT2D eigenvalue weighted by atomic mass is 10.2. The SMILES string of the molecule is O=C(CSc1nnnn1-c1ccc(C(=O)O)cc1)NC1CC1. The number of carbonyl (C=O) groups is 2. The second kappa shape index (κ2) is 6.14. The highest BCUT2D eigenvalue weighted by molar-refractivity contribution is 7.99. The number of carbonyl (C=O) groups excluding carboxylic acids is 1. The molecule has 2 N–H and O–H groups in total. The molecule has 0 radical (unpaired) electrons. The number of carboxylic acid groups (broad SMARTS) is 1. The Morgan fingerprint density at radius 2 is 2.05 bits per heavy atom. The number of nitrogens with one attached hydrogen (secondary N) is 1. The summed E-state index contributed by atoms with van der Waals surface area (Å²) in [5.41, 5.74) is 0.829. The summed E-state index contributed by atoms with van der Waals surface area (Å²) >= 11 is 1.24. The maximum absolute atomic E-state index is 11.7. The van der Waals surface area contributed by atoms with E-state index in [2.05, 4.69) is 20.8 Å². The van der Waals surface area contributed by atoms with Crippen LogP contribution in [0.1, 0.15) is 23.2 Å². The first kappa shape index (κ1) is 14.5. The fourth-order valence-electron chi connectivity index (χ4n) is 1.80. The zero-order valence-corrected chi connectivity index (χ0v) is 12.3. The number of amides is 1. The van der Waals surface area contributed by atoms with E-state index in [9.17, 15) is 9.59 Å². The molecule has 22 heavy (non-hydrogen) atoms. The van der Waals surface area contributed by atoms with Gasteiger partial charge in [-0.25, -0.2) is 4.79 Å². The number of benzene rings is 1. The molecule has 3 rings (SSSR count). The molecule has 1 aromatic heterocycles. The van der Waals surface area contributed by atoms with Crippen LogP contribution < -0.4 is 5.32 Å². The standard InChI is InChI=1S/C13H13N5O3S/c19-11(14-9-3-4-9)7-22-13-15-16-17-18(13)10-5-1-8(2-6-10)12(20)21/h1-2,5-6,9H,3-4,7H2,(H,14,19)(H,20,21). The second-order valence-electron chi connectivity index (χ2n) is 4.86. The molecule has 0 bridgehead atoms. The lowest BCUT2D eigenvalue weighted by Gasteiger charge is -2.05. The van der Waals surface area contributed by atoms with Crippen LogP contribution in [0.3, 0.4) is 0 Å². The van der Waals surface area contributed by atoms with Gasteiger partial charge in [-0.15, -0.1) is 5.10 Å². The maximum Gasteiger partial charge on any atom is 0.335 e. The van der Waals surface area contributed by atoms with E-state index in [0.29, 0.717) is 16.9 Å². The molecule has 1 heterocycles. The molecule has 0 saturated heterocycles. The number of carboxylic acids is 1. The van der Waals surface area contributed by atoms with Crippen molar-refractivity contribution in [3.63, 3.8) is 0 Å².